The number of nitrogens with zero attached hydrogens (tertiary/aromatic N) is 2. The van der Waals surface area contributed by atoms with Gasteiger partial charge in [0.25, 0.3) is 0 Å². The standard InChI is InChI=1S/C32H45N3O6/c1-20(2)11-12-25-31(4,41-25)28-27(38-5)24(13-14-32(28)19-39-32)40-30(37)33-26-21(3)23-18-34(15-16-35(23)29(26)36)17-22-9-7-6-8-10-22/h6-11,21,23-28H,12-19H2,1-5H3,(H,33,37)/t21?,23?,24-,25-,26-,27-,28-,31+,32+/m1/s1. The van der Waals surface area contributed by atoms with Crippen molar-refractivity contribution in [3.63, 3.8) is 0 Å². The van der Waals surface area contributed by atoms with Crippen molar-refractivity contribution in [2.45, 2.75) is 95.1 Å². The molecular weight excluding hydrogens is 522 g/mol. The van der Waals surface area contributed by atoms with Gasteiger partial charge in [-0.05, 0) is 45.6 Å². The largest absolute Gasteiger partial charge is 0.443 e. The molecule has 0 bridgehead atoms. The molecule has 1 aromatic rings. The van der Waals surface area contributed by atoms with Gasteiger partial charge in [0, 0.05) is 45.2 Å². The van der Waals surface area contributed by atoms with E-state index in [4.69, 9.17) is 18.9 Å². The third kappa shape index (κ3) is 5.42. The molecule has 6 rings (SSSR count). The lowest BCUT2D eigenvalue weighted by Crippen LogP contribution is -2.56. The van der Waals surface area contributed by atoms with Gasteiger partial charge in [-0.3, -0.25) is 9.69 Å². The van der Waals surface area contributed by atoms with Crippen molar-refractivity contribution in [2.75, 3.05) is 33.4 Å². The summed E-state index contributed by atoms with van der Waals surface area (Å²) < 4.78 is 24.4. The van der Waals surface area contributed by atoms with Crippen LogP contribution in [-0.4, -0.2) is 96.7 Å². The molecule has 1 saturated carbocycles. The summed E-state index contributed by atoms with van der Waals surface area (Å²) in [5, 5.41) is 2.94. The quantitative estimate of drug-likeness (QED) is 0.379. The maximum absolute atomic E-state index is 13.4. The highest BCUT2D eigenvalue weighted by atomic mass is 16.6. The normalized spacial score (nSPS) is 39.8. The van der Waals surface area contributed by atoms with Gasteiger partial charge in [-0.25, -0.2) is 4.79 Å². The van der Waals surface area contributed by atoms with Gasteiger partial charge in [-0.15, -0.1) is 0 Å². The van der Waals surface area contributed by atoms with Gasteiger partial charge in [-0.2, -0.15) is 0 Å². The minimum atomic E-state index is -0.597. The topological polar surface area (TPSA) is 96.2 Å². The van der Waals surface area contributed by atoms with Crippen LogP contribution in [0.25, 0.3) is 0 Å². The van der Waals surface area contributed by atoms with Crippen molar-refractivity contribution in [3.8, 4) is 0 Å². The van der Waals surface area contributed by atoms with Crippen LogP contribution in [0.5, 0.6) is 0 Å². The van der Waals surface area contributed by atoms with Crippen molar-refractivity contribution in [1.29, 1.82) is 0 Å². The first kappa shape index (κ1) is 28.6. The van der Waals surface area contributed by atoms with Crippen molar-refractivity contribution in [3.05, 3.63) is 47.5 Å². The highest BCUT2D eigenvalue weighted by Crippen LogP contribution is 2.59. The second kappa shape index (κ2) is 11.0. The van der Waals surface area contributed by atoms with E-state index in [1.807, 2.05) is 11.0 Å². The SMILES string of the molecule is CO[C@@H]1[C@H](OC(=O)N[C@H]2C(=O)N3CCN(Cc4ccccc4)CC3C2C)CC[C@]2(CO2)[C@H]1[C@@]1(C)O[C@@H]1CC=C(C)C. The first-order chi connectivity index (χ1) is 19.6. The maximum Gasteiger partial charge on any atom is 0.408 e. The molecule has 2 amide bonds. The Bertz CT molecular complexity index is 1170. The van der Waals surface area contributed by atoms with E-state index < -0.39 is 23.8 Å². The lowest BCUT2D eigenvalue weighted by Gasteiger charge is -2.42. The minimum absolute atomic E-state index is 0.0186. The molecule has 0 aromatic heterocycles. The van der Waals surface area contributed by atoms with Crippen molar-refractivity contribution >= 4 is 12.0 Å². The number of rotatable bonds is 8. The molecule has 9 heteroatoms. The van der Waals surface area contributed by atoms with Crippen molar-refractivity contribution in [1.82, 2.24) is 15.1 Å². The molecule has 5 fully saturated rings. The monoisotopic (exact) mass is 567 g/mol. The van der Waals surface area contributed by atoms with Crippen LogP contribution in [0.4, 0.5) is 4.79 Å². The number of benzene rings is 1. The molecule has 4 aliphatic heterocycles. The number of piperazine rings is 1. The zero-order valence-corrected chi connectivity index (χ0v) is 25.0. The van der Waals surface area contributed by atoms with E-state index in [1.165, 1.54) is 11.1 Å². The van der Waals surface area contributed by atoms with Crippen LogP contribution in [0.15, 0.2) is 42.0 Å². The summed E-state index contributed by atoms with van der Waals surface area (Å²) in [6.45, 7) is 12.2. The average molecular weight is 568 g/mol. The Labute approximate surface area is 243 Å². The number of allylic oxidation sites excluding steroid dienone is 1. The third-order valence-electron chi connectivity index (χ3n) is 10.2. The van der Waals surface area contributed by atoms with Crippen LogP contribution < -0.4 is 5.32 Å². The fraction of sp³-hybridized carbons (Fsp3) is 0.688. The number of amides is 2. The number of hydrogen-bond acceptors (Lipinski definition) is 7. The molecule has 2 unspecified atom stereocenters. The number of nitrogens with one attached hydrogen (secondary N) is 1. The number of ether oxygens (including phenoxy) is 4. The first-order valence-corrected chi connectivity index (χ1v) is 15.2. The van der Waals surface area contributed by atoms with E-state index >= 15 is 0 Å². The van der Waals surface area contributed by atoms with Crippen LogP contribution in [0.3, 0.4) is 0 Å². The van der Waals surface area contributed by atoms with Gasteiger partial charge in [0.05, 0.1) is 18.6 Å². The molecular formula is C32H45N3O6. The Morgan fingerprint density at radius 3 is 2.66 bits per heavy atom. The summed E-state index contributed by atoms with van der Waals surface area (Å²) in [4.78, 5) is 31.0. The fourth-order valence-corrected chi connectivity index (χ4v) is 7.77. The highest BCUT2D eigenvalue weighted by Gasteiger charge is 2.72. The van der Waals surface area contributed by atoms with Gasteiger partial charge in [0.1, 0.15) is 29.5 Å². The molecule has 5 aliphatic rings. The first-order valence-electron chi connectivity index (χ1n) is 15.2. The number of fused-ring (bicyclic) bond motifs is 1. The predicted octanol–water partition coefficient (Wildman–Crippen LogP) is 3.52. The second-order valence-electron chi connectivity index (χ2n) is 13.1. The minimum Gasteiger partial charge on any atom is -0.443 e. The summed E-state index contributed by atoms with van der Waals surface area (Å²) in [7, 11) is 1.67. The van der Waals surface area contributed by atoms with Crippen LogP contribution in [0.2, 0.25) is 0 Å². The average Bonchev–Trinajstić information content (AvgIpc) is 3.86. The Morgan fingerprint density at radius 2 is 1.98 bits per heavy atom. The van der Waals surface area contributed by atoms with Gasteiger partial charge >= 0.3 is 6.09 Å². The van der Waals surface area contributed by atoms with Crippen LogP contribution in [0, 0.1) is 11.8 Å². The molecule has 41 heavy (non-hydrogen) atoms. The number of carbonyl (C=O) groups is 2. The molecule has 9 nitrogen and oxygen atoms in total. The summed E-state index contributed by atoms with van der Waals surface area (Å²) in [6.07, 6.45) is 3.22. The number of epoxide rings is 2. The molecule has 1 spiro atoms. The van der Waals surface area contributed by atoms with Gasteiger partial charge in [0.2, 0.25) is 5.91 Å². The Kier molecular flexibility index (Phi) is 7.68. The van der Waals surface area contributed by atoms with Crippen LogP contribution in [-0.2, 0) is 30.3 Å². The number of hydrogen-bond donors (Lipinski definition) is 1. The van der Waals surface area contributed by atoms with E-state index in [-0.39, 0.29) is 41.6 Å². The summed E-state index contributed by atoms with van der Waals surface area (Å²) >= 11 is 0. The second-order valence-corrected chi connectivity index (χ2v) is 13.1. The molecule has 1 N–H and O–H groups in total. The third-order valence-corrected chi connectivity index (χ3v) is 10.2. The highest BCUT2D eigenvalue weighted by molar-refractivity contribution is 5.88. The number of alkyl carbamates (subject to hydrolysis) is 1. The van der Waals surface area contributed by atoms with Gasteiger partial charge in [-0.1, -0.05) is 48.9 Å². The van der Waals surface area contributed by atoms with Crippen LogP contribution in [0.1, 0.15) is 52.5 Å². The number of methoxy groups -OCH3 is 1. The van der Waals surface area contributed by atoms with Gasteiger partial charge < -0.3 is 29.2 Å². The summed E-state index contributed by atoms with van der Waals surface area (Å²) in [5.41, 5.74) is 1.85. The predicted molar refractivity (Wildman–Crippen MR) is 153 cm³/mol. The van der Waals surface area contributed by atoms with E-state index in [0.717, 1.165) is 32.5 Å². The molecule has 224 valence electrons. The van der Waals surface area contributed by atoms with Crippen molar-refractivity contribution in [2.24, 2.45) is 11.8 Å². The fourth-order valence-electron chi connectivity index (χ4n) is 7.77. The van der Waals surface area contributed by atoms with Gasteiger partial charge in [0.15, 0.2) is 0 Å². The van der Waals surface area contributed by atoms with E-state index in [0.29, 0.717) is 19.6 Å². The molecule has 4 saturated heterocycles. The Hall–Kier alpha value is -2.46. The Balaban J connectivity index is 1.08. The maximum atomic E-state index is 13.4. The van der Waals surface area contributed by atoms with Crippen molar-refractivity contribution < 1.29 is 28.5 Å². The summed E-state index contributed by atoms with van der Waals surface area (Å²) in [5.74, 6) is -0.0858. The lowest BCUT2D eigenvalue weighted by molar-refractivity contribution is -0.132. The zero-order chi connectivity index (χ0) is 28.9. The lowest BCUT2D eigenvalue weighted by atomic mass is 9.68. The van der Waals surface area contributed by atoms with E-state index in [1.54, 1.807) is 7.11 Å². The van der Waals surface area contributed by atoms with E-state index in [2.05, 4.69) is 68.3 Å². The molecule has 1 aliphatic carbocycles. The van der Waals surface area contributed by atoms with E-state index in [9.17, 15) is 9.59 Å². The van der Waals surface area contributed by atoms with Crippen LogP contribution >= 0.6 is 0 Å². The number of carbonyl (C=O) groups excluding carboxylic acids is 2. The molecule has 9 atom stereocenters. The summed E-state index contributed by atoms with van der Waals surface area (Å²) in [6, 6.07) is 9.87. The zero-order valence-electron chi connectivity index (χ0n) is 25.0. The molecule has 0 radical (unpaired) electrons. The Morgan fingerprint density at radius 1 is 1.22 bits per heavy atom. The smallest absolute Gasteiger partial charge is 0.408 e. The molecule has 4 heterocycles. The molecule has 1 aromatic carbocycles.